The molecule has 1 amide bonds. The van der Waals surface area contributed by atoms with Gasteiger partial charge < -0.3 is 10.1 Å². The number of nitrogens with zero attached hydrogens (tertiary/aromatic N) is 1. The molecule has 0 unspecified atom stereocenters. The van der Waals surface area contributed by atoms with Crippen LogP contribution in [0.15, 0.2) is 35.8 Å². The number of carbonyl (C=O) groups excluding carboxylic acids is 1. The van der Waals surface area contributed by atoms with Crippen LogP contribution in [0.2, 0.25) is 0 Å². The fourth-order valence-electron chi connectivity index (χ4n) is 1.39. The van der Waals surface area contributed by atoms with Crippen LogP contribution in [0.25, 0.3) is 0 Å². The lowest BCUT2D eigenvalue weighted by atomic mass is 10.3. The van der Waals surface area contributed by atoms with Crippen LogP contribution in [-0.2, 0) is 0 Å². The summed E-state index contributed by atoms with van der Waals surface area (Å²) in [7, 11) is 0. The first-order valence-corrected chi connectivity index (χ1v) is 6.51. The van der Waals surface area contributed by atoms with Gasteiger partial charge in [0.1, 0.15) is 5.69 Å². The first-order chi connectivity index (χ1) is 8.66. The van der Waals surface area contributed by atoms with Crippen molar-refractivity contribution in [3.05, 3.63) is 40.7 Å². The molecule has 0 spiro atoms. The molecule has 2 heterocycles. The van der Waals surface area contributed by atoms with Crippen molar-refractivity contribution in [2.45, 2.75) is 20.0 Å². The van der Waals surface area contributed by atoms with Gasteiger partial charge in [0.25, 0.3) is 5.91 Å². The molecule has 0 radical (unpaired) electrons. The first-order valence-electron chi connectivity index (χ1n) is 5.63. The highest BCUT2D eigenvalue weighted by atomic mass is 32.1. The van der Waals surface area contributed by atoms with E-state index >= 15 is 0 Å². The largest absolute Gasteiger partial charge is 0.473 e. The summed E-state index contributed by atoms with van der Waals surface area (Å²) in [6, 6.07) is 7.15. The van der Waals surface area contributed by atoms with Crippen molar-refractivity contribution in [1.82, 2.24) is 4.98 Å². The number of amides is 1. The monoisotopic (exact) mass is 262 g/mol. The van der Waals surface area contributed by atoms with Gasteiger partial charge in [0.05, 0.1) is 11.0 Å². The van der Waals surface area contributed by atoms with Gasteiger partial charge >= 0.3 is 0 Å². The zero-order valence-corrected chi connectivity index (χ0v) is 11.0. The smallest absolute Gasteiger partial charge is 0.265 e. The average molecular weight is 262 g/mol. The lowest BCUT2D eigenvalue weighted by Crippen LogP contribution is -2.14. The molecule has 18 heavy (non-hydrogen) atoms. The number of ether oxygens (including phenoxy) is 1. The average Bonchev–Trinajstić information content (AvgIpc) is 2.84. The van der Waals surface area contributed by atoms with Crippen molar-refractivity contribution in [2.24, 2.45) is 0 Å². The minimum atomic E-state index is -0.147. The summed E-state index contributed by atoms with van der Waals surface area (Å²) in [5, 5.41) is 4.67. The molecule has 94 valence electrons. The highest BCUT2D eigenvalue weighted by Gasteiger charge is 2.12. The molecule has 0 saturated carbocycles. The molecular weight excluding hydrogens is 248 g/mol. The molecule has 0 saturated heterocycles. The Kier molecular flexibility index (Phi) is 3.94. The minimum absolute atomic E-state index is 0.0114. The number of aromatic nitrogens is 1. The molecule has 5 heteroatoms. The van der Waals surface area contributed by atoms with Crippen molar-refractivity contribution in [1.29, 1.82) is 0 Å². The predicted octanol–water partition coefficient (Wildman–Crippen LogP) is 3.18. The van der Waals surface area contributed by atoms with Gasteiger partial charge in [-0.2, -0.15) is 0 Å². The van der Waals surface area contributed by atoms with E-state index in [1.807, 2.05) is 25.3 Å². The highest BCUT2D eigenvalue weighted by Crippen LogP contribution is 2.23. The molecule has 2 rings (SSSR count). The second-order valence-corrected chi connectivity index (χ2v) is 4.90. The molecule has 0 aliphatic rings. The number of nitrogens with one attached hydrogen (secondary N) is 1. The second kappa shape index (κ2) is 5.64. The fraction of sp³-hybridized carbons (Fsp3) is 0.231. The highest BCUT2D eigenvalue weighted by molar-refractivity contribution is 7.12. The van der Waals surface area contributed by atoms with Crippen molar-refractivity contribution >= 4 is 22.9 Å². The number of rotatable bonds is 4. The summed E-state index contributed by atoms with van der Waals surface area (Å²) in [6.07, 6.45) is 1.65. The second-order valence-electron chi connectivity index (χ2n) is 3.95. The molecular formula is C13H14N2O2S. The van der Waals surface area contributed by atoms with Crippen LogP contribution < -0.4 is 10.1 Å². The molecule has 0 atom stereocenters. The summed E-state index contributed by atoms with van der Waals surface area (Å²) in [5.74, 6) is 0.295. The fourth-order valence-corrected chi connectivity index (χ4v) is 2.01. The molecule has 0 aliphatic carbocycles. The van der Waals surface area contributed by atoms with E-state index in [4.69, 9.17) is 4.74 Å². The van der Waals surface area contributed by atoms with Crippen LogP contribution in [-0.4, -0.2) is 17.0 Å². The van der Waals surface area contributed by atoms with Gasteiger partial charge in [-0.25, -0.2) is 4.98 Å². The van der Waals surface area contributed by atoms with Crippen LogP contribution in [0.1, 0.15) is 23.5 Å². The summed E-state index contributed by atoms with van der Waals surface area (Å²) < 4.78 is 5.54. The maximum atomic E-state index is 11.9. The standard InChI is InChI=1S/C13H14N2O2S/c1-9(2)17-13-10(5-3-7-14-13)15-12(16)11-6-4-8-18-11/h3-9H,1-2H3,(H,15,16). The summed E-state index contributed by atoms with van der Waals surface area (Å²) in [6.45, 7) is 3.83. The van der Waals surface area contributed by atoms with E-state index < -0.39 is 0 Å². The number of anilines is 1. The quantitative estimate of drug-likeness (QED) is 0.920. The Morgan fingerprint density at radius 2 is 2.22 bits per heavy atom. The SMILES string of the molecule is CC(C)Oc1ncccc1NC(=O)c1cccs1. The number of hydrogen-bond donors (Lipinski definition) is 1. The molecule has 2 aromatic rings. The van der Waals surface area contributed by atoms with E-state index in [0.717, 1.165) is 0 Å². The van der Waals surface area contributed by atoms with E-state index in [0.29, 0.717) is 16.4 Å². The van der Waals surface area contributed by atoms with E-state index in [9.17, 15) is 4.79 Å². The number of thiophene rings is 1. The van der Waals surface area contributed by atoms with Gasteiger partial charge in [0, 0.05) is 6.20 Å². The number of carbonyl (C=O) groups is 1. The van der Waals surface area contributed by atoms with Crippen molar-refractivity contribution in [2.75, 3.05) is 5.32 Å². The molecule has 4 nitrogen and oxygen atoms in total. The Morgan fingerprint density at radius 1 is 1.39 bits per heavy atom. The molecule has 2 aromatic heterocycles. The molecule has 0 bridgehead atoms. The number of pyridine rings is 1. The topological polar surface area (TPSA) is 51.2 Å². The van der Waals surface area contributed by atoms with Crippen LogP contribution in [0.3, 0.4) is 0 Å². The Labute approximate surface area is 110 Å². The van der Waals surface area contributed by atoms with E-state index in [-0.39, 0.29) is 12.0 Å². The summed E-state index contributed by atoms with van der Waals surface area (Å²) in [5.41, 5.74) is 0.588. The predicted molar refractivity (Wildman–Crippen MR) is 72.3 cm³/mol. The lowest BCUT2D eigenvalue weighted by Gasteiger charge is -2.12. The van der Waals surface area contributed by atoms with Crippen molar-refractivity contribution in [3.8, 4) is 5.88 Å². The maximum Gasteiger partial charge on any atom is 0.265 e. The van der Waals surface area contributed by atoms with Gasteiger partial charge in [0.2, 0.25) is 5.88 Å². The van der Waals surface area contributed by atoms with E-state index in [2.05, 4.69) is 10.3 Å². The van der Waals surface area contributed by atoms with Crippen LogP contribution in [0.4, 0.5) is 5.69 Å². The summed E-state index contributed by atoms with van der Waals surface area (Å²) in [4.78, 5) is 16.7. The van der Waals surface area contributed by atoms with E-state index in [1.54, 1.807) is 24.4 Å². The third-order valence-corrected chi connectivity index (χ3v) is 2.98. The van der Waals surface area contributed by atoms with Gasteiger partial charge in [-0.05, 0) is 37.4 Å². The van der Waals surface area contributed by atoms with Gasteiger partial charge in [-0.15, -0.1) is 11.3 Å². The summed E-state index contributed by atoms with van der Waals surface area (Å²) >= 11 is 1.40. The van der Waals surface area contributed by atoms with Crippen LogP contribution in [0, 0.1) is 0 Å². The minimum Gasteiger partial charge on any atom is -0.473 e. The van der Waals surface area contributed by atoms with E-state index in [1.165, 1.54) is 11.3 Å². The van der Waals surface area contributed by atoms with Gasteiger partial charge in [0.15, 0.2) is 0 Å². The molecule has 1 N–H and O–H groups in total. The Balaban J connectivity index is 2.16. The molecule has 0 aromatic carbocycles. The zero-order valence-electron chi connectivity index (χ0n) is 10.2. The van der Waals surface area contributed by atoms with Gasteiger partial charge in [-0.3, -0.25) is 4.79 Å². The Hall–Kier alpha value is -1.88. The zero-order chi connectivity index (χ0) is 13.0. The maximum absolute atomic E-state index is 11.9. The Morgan fingerprint density at radius 3 is 2.89 bits per heavy atom. The number of hydrogen-bond acceptors (Lipinski definition) is 4. The third-order valence-electron chi connectivity index (χ3n) is 2.11. The Bertz CT molecular complexity index is 524. The molecule has 0 aliphatic heterocycles. The lowest BCUT2D eigenvalue weighted by molar-refractivity contribution is 0.102. The third kappa shape index (κ3) is 3.07. The normalized spacial score (nSPS) is 10.4. The van der Waals surface area contributed by atoms with Gasteiger partial charge in [-0.1, -0.05) is 6.07 Å². The van der Waals surface area contributed by atoms with Crippen LogP contribution >= 0.6 is 11.3 Å². The van der Waals surface area contributed by atoms with Crippen molar-refractivity contribution in [3.63, 3.8) is 0 Å². The first kappa shape index (κ1) is 12.6. The van der Waals surface area contributed by atoms with Crippen LogP contribution in [0.5, 0.6) is 5.88 Å². The molecule has 0 fully saturated rings. The van der Waals surface area contributed by atoms with Crippen molar-refractivity contribution < 1.29 is 9.53 Å².